The van der Waals surface area contributed by atoms with Gasteiger partial charge in [-0.25, -0.2) is 4.39 Å². The molecule has 0 spiro atoms. The molecule has 2 heterocycles. The summed E-state index contributed by atoms with van der Waals surface area (Å²) in [5.74, 6) is -0.0759. The van der Waals surface area contributed by atoms with E-state index in [0.717, 1.165) is 56.7 Å². The number of likely N-dealkylation sites (tertiary alicyclic amines) is 2. The molecule has 4 heteroatoms. The van der Waals surface area contributed by atoms with Crippen LogP contribution in [0.15, 0.2) is 18.2 Å². The molecule has 2 N–H and O–H groups in total. The summed E-state index contributed by atoms with van der Waals surface area (Å²) >= 11 is 0. The normalized spacial score (nSPS) is 25.6. The highest BCUT2D eigenvalue weighted by molar-refractivity contribution is 5.24. The predicted octanol–water partition coefficient (Wildman–Crippen LogP) is 2.13. The van der Waals surface area contributed by atoms with Crippen LogP contribution in [0.2, 0.25) is 0 Å². The summed E-state index contributed by atoms with van der Waals surface area (Å²) in [6.07, 6.45) is 3.43. The van der Waals surface area contributed by atoms with Gasteiger partial charge in [-0.05, 0) is 45.3 Å². The van der Waals surface area contributed by atoms with E-state index in [9.17, 15) is 4.39 Å². The highest BCUT2D eigenvalue weighted by Crippen LogP contribution is 2.22. The van der Waals surface area contributed by atoms with E-state index in [4.69, 9.17) is 5.73 Å². The van der Waals surface area contributed by atoms with Crippen molar-refractivity contribution in [3.05, 3.63) is 35.1 Å². The maximum absolute atomic E-state index is 13.9. The lowest BCUT2D eigenvalue weighted by Gasteiger charge is -2.34. The van der Waals surface area contributed by atoms with Crippen molar-refractivity contribution in [2.45, 2.75) is 44.8 Å². The van der Waals surface area contributed by atoms with Crippen LogP contribution in [0.5, 0.6) is 0 Å². The quantitative estimate of drug-likeness (QED) is 0.926. The fraction of sp³-hybridized carbons (Fsp3) is 0.647. The van der Waals surface area contributed by atoms with Gasteiger partial charge in [0.2, 0.25) is 0 Å². The summed E-state index contributed by atoms with van der Waals surface area (Å²) in [4.78, 5) is 4.97. The summed E-state index contributed by atoms with van der Waals surface area (Å²) in [6, 6.07) is 6.42. The summed E-state index contributed by atoms with van der Waals surface area (Å²) < 4.78 is 13.9. The number of hydrogen-bond donors (Lipinski definition) is 1. The maximum atomic E-state index is 13.9. The van der Waals surface area contributed by atoms with Crippen LogP contribution >= 0.6 is 0 Å². The van der Waals surface area contributed by atoms with E-state index in [1.807, 2.05) is 19.1 Å². The Balaban J connectivity index is 1.56. The van der Waals surface area contributed by atoms with E-state index in [1.54, 1.807) is 6.07 Å². The lowest BCUT2D eigenvalue weighted by atomic mass is 10.0. The Bertz CT molecular complexity index is 483. The van der Waals surface area contributed by atoms with Crippen LogP contribution in [0.3, 0.4) is 0 Å². The van der Waals surface area contributed by atoms with Gasteiger partial charge in [0.15, 0.2) is 0 Å². The molecule has 0 amide bonds. The molecular weight excluding hydrogens is 265 g/mol. The summed E-state index contributed by atoms with van der Waals surface area (Å²) in [7, 11) is 0. The Kier molecular flexibility index (Phi) is 4.57. The molecule has 0 saturated carbocycles. The van der Waals surface area contributed by atoms with Crippen molar-refractivity contribution >= 4 is 0 Å². The van der Waals surface area contributed by atoms with Gasteiger partial charge in [0.25, 0.3) is 0 Å². The van der Waals surface area contributed by atoms with Gasteiger partial charge in [-0.1, -0.05) is 17.7 Å². The fourth-order valence-electron chi connectivity index (χ4n) is 3.60. The minimum Gasteiger partial charge on any atom is -0.328 e. The van der Waals surface area contributed by atoms with Crippen molar-refractivity contribution in [2.75, 3.05) is 26.2 Å². The van der Waals surface area contributed by atoms with Crippen LogP contribution in [0.4, 0.5) is 4.39 Å². The van der Waals surface area contributed by atoms with Crippen LogP contribution in [0.25, 0.3) is 0 Å². The van der Waals surface area contributed by atoms with E-state index in [-0.39, 0.29) is 5.82 Å². The highest BCUT2D eigenvalue weighted by Gasteiger charge is 2.29. The van der Waals surface area contributed by atoms with Gasteiger partial charge in [-0.2, -0.15) is 0 Å². The van der Waals surface area contributed by atoms with Gasteiger partial charge in [0.1, 0.15) is 5.82 Å². The van der Waals surface area contributed by atoms with Crippen molar-refractivity contribution in [1.29, 1.82) is 0 Å². The molecule has 2 aliphatic heterocycles. The molecule has 0 aliphatic carbocycles. The third-order valence-electron chi connectivity index (χ3n) is 4.93. The standard InChI is InChI=1S/C17H26FN3/c1-13-2-3-17(18)14(10-13)11-20-7-6-16(12-20)21-8-4-15(19)5-9-21/h2-3,10,15-16H,4-9,11-12,19H2,1H3. The van der Waals surface area contributed by atoms with Crippen LogP contribution in [0, 0.1) is 12.7 Å². The van der Waals surface area contributed by atoms with Gasteiger partial charge in [0, 0.05) is 37.3 Å². The SMILES string of the molecule is Cc1ccc(F)c(CN2CCC(N3CCC(N)CC3)C2)c1. The van der Waals surface area contributed by atoms with E-state index < -0.39 is 0 Å². The first-order valence-electron chi connectivity index (χ1n) is 8.09. The van der Waals surface area contributed by atoms with E-state index in [0.29, 0.717) is 12.1 Å². The molecule has 2 aliphatic rings. The highest BCUT2D eigenvalue weighted by atomic mass is 19.1. The number of hydrogen-bond acceptors (Lipinski definition) is 3. The Morgan fingerprint density at radius 2 is 1.95 bits per heavy atom. The van der Waals surface area contributed by atoms with Gasteiger partial charge >= 0.3 is 0 Å². The Morgan fingerprint density at radius 1 is 1.19 bits per heavy atom. The first-order chi connectivity index (χ1) is 10.1. The molecule has 0 radical (unpaired) electrons. The average molecular weight is 291 g/mol. The number of halogens is 1. The second-order valence-electron chi connectivity index (χ2n) is 6.65. The molecule has 21 heavy (non-hydrogen) atoms. The Hall–Kier alpha value is -0.970. The minimum atomic E-state index is -0.0759. The zero-order chi connectivity index (χ0) is 14.8. The smallest absolute Gasteiger partial charge is 0.127 e. The lowest BCUT2D eigenvalue weighted by Crippen LogP contribution is -2.46. The van der Waals surface area contributed by atoms with Crippen molar-refractivity contribution in [3.8, 4) is 0 Å². The van der Waals surface area contributed by atoms with Crippen molar-refractivity contribution in [1.82, 2.24) is 9.80 Å². The first-order valence-corrected chi connectivity index (χ1v) is 8.09. The molecule has 1 aromatic carbocycles. The number of nitrogens with two attached hydrogens (primary N) is 1. The topological polar surface area (TPSA) is 32.5 Å². The number of rotatable bonds is 3. The zero-order valence-electron chi connectivity index (χ0n) is 12.9. The minimum absolute atomic E-state index is 0.0759. The van der Waals surface area contributed by atoms with Gasteiger partial charge in [-0.3, -0.25) is 9.80 Å². The van der Waals surface area contributed by atoms with Crippen LogP contribution in [-0.4, -0.2) is 48.1 Å². The van der Waals surface area contributed by atoms with Crippen LogP contribution < -0.4 is 5.73 Å². The molecule has 2 fully saturated rings. The van der Waals surface area contributed by atoms with Gasteiger partial charge in [-0.15, -0.1) is 0 Å². The monoisotopic (exact) mass is 291 g/mol. The second-order valence-corrected chi connectivity index (χ2v) is 6.65. The maximum Gasteiger partial charge on any atom is 0.127 e. The molecule has 3 nitrogen and oxygen atoms in total. The van der Waals surface area contributed by atoms with Gasteiger partial charge < -0.3 is 5.73 Å². The molecule has 1 atom stereocenters. The van der Waals surface area contributed by atoms with Gasteiger partial charge in [0.05, 0.1) is 0 Å². The second kappa shape index (κ2) is 6.42. The average Bonchev–Trinajstić information content (AvgIpc) is 2.92. The van der Waals surface area contributed by atoms with Crippen molar-refractivity contribution in [2.24, 2.45) is 5.73 Å². The molecule has 116 valence electrons. The molecule has 0 aromatic heterocycles. The molecular formula is C17H26FN3. The largest absolute Gasteiger partial charge is 0.328 e. The first kappa shape index (κ1) is 14.9. The summed E-state index contributed by atoms with van der Waals surface area (Å²) in [5, 5.41) is 0. The third kappa shape index (κ3) is 3.62. The number of nitrogens with zero attached hydrogens (tertiary/aromatic N) is 2. The summed E-state index contributed by atoms with van der Waals surface area (Å²) in [6.45, 7) is 7.13. The van der Waals surface area contributed by atoms with Crippen molar-refractivity contribution in [3.63, 3.8) is 0 Å². The van der Waals surface area contributed by atoms with E-state index in [1.165, 1.54) is 6.42 Å². The third-order valence-corrected chi connectivity index (χ3v) is 4.93. The number of aryl methyl sites for hydroxylation is 1. The zero-order valence-corrected chi connectivity index (χ0v) is 12.9. The summed E-state index contributed by atoms with van der Waals surface area (Å²) in [5.41, 5.74) is 7.94. The number of piperidine rings is 1. The Morgan fingerprint density at radius 3 is 2.71 bits per heavy atom. The predicted molar refractivity (Wildman–Crippen MR) is 83.6 cm³/mol. The van der Waals surface area contributed by atoms with E-state index >= 15 is 0 Å². The van der Waals surface area contributed by atoms with E-state index in [2.05, 4.69) is 9.80 Å². The molecule has 1 unspecified atom stereocenters. The van der Waals surface area contributed by atoms with Crippen LogP contribution in [0.1, 0.15) is 30.4 Å². The molecule has 3 rings (SSSR count). The van der Waals surface area contributed by atoms with Crippen molar-refractivity contribution < 1.29 is 4.39 Å². The van der Waals surface area contributed by atoms with Crippen LogP contribution in [-0.2, 0) is 6.54 Å². The molecule has 0 bridgehead atoms. The molecule has 2 saturated heterocycles. The molecule has 1 aromatic rings. The lowest BCUT2D eigenvalue weighted by molar-refractivity contribution is 0.151. The fourth-order valence-corrected chi connectivity index (χ4v) is 3.60. The number of benzene rings is 1. The Labute approximate surface area is 126 Å².